The molecule has 28 heavy (non-hydrogen) atoms. The number of hydrogen-bond donors (Lipinski definition) is 1. The standard InChI is InChI=1S/C22H23BrN2O2S/c23-17-5-3-15(4-6-17)20-9-7-19(28-20)8-10-21(26)24-18-11-13-25(14-12-18)22(27)16-1-2-16/h3-10,16,18H,1-2,11-14H2,(H,24,26)/b10-8+. The number of halogens is 1. The summed E-state index contributed by atoms with van der Waals surface area (Å²) in [5.74, 6) is 0.525. The third kappa shape index (κ3) is 4.92. The molecule has 2 heterocycles. The number of likely N-dealkylation sites (tertiary alicyclic amines) is 1. The van der Waals surface area contributed by atoms with Crippen molar-refractivity contribution in [3.05, 3.63) is 51.8 Å². The molecule has 2 aliphatic rings. The van der Waals surface area contributed by atoms with E-state index in [1.807, 2.05) is 29.2 Å². The highest BCUT2D eigenvalue weighted by molar-refractivity contribution is 9.10. The zero-order chi connectivity index (χ0) is 19.5. The van der Waals surface area contributed by atoms with E-state index in [9.17, 15) is 9.59 Å². The first-order valence-electron chi connectivity index (χ1n) is 9.71. The Morgan fingerprint density at radius 1 is 1.04 bits per heavy atom. The van der Waals surface area contributed by atoms with Crippen molar-refractivity contribution in [1.82, 2.24) is 10.2 Å². The fourth-order valence-corrected chi connectivity index (χ4v) is 4.63. The third-order valence-corrected chi connectivity index (χ3v) is 6.86. The average Bonchev–Trinajstić information content (AvgIpc) is 3.45. The Balaban J connectivity index is 1.26. The Morgan fingerprint density at radius 3 is 2.43 bits per heavy atom. The van der Waals surface area contributed by atoms with Crippen LogP contribution in [0.3, 0.4) is 0 Å². The molecule has 1 aliphatic heterocycles. The van der Waals surface area contributed by atoms with Gasteiger partial charge in [-0.3, -0.25) is 9.59 Å². The van der Waals surface area contributed by atoms with E-state index >= 15 is 0 Å². The Morgan fingerprint density at radius 2 is 1.75 bits per heavy atom. The zero-order valence-electron chi connectivity index (χ0n) is 15.6. The number of thiophene rings is 1. The highest BCUT2D eigenvalue weighted by atomic mass is 79.9. The Labute approximate surface area is 177 Å². The van der Waals surface area contributed by atoms with Gasteiger partial charge in [0.1, 0.15) is 0 Å². The normalized spacial score (nSPS) is 17.8. The molecule has 0 atom stereocenters. The number of rotatable bonds is 5. The monoisotopic (exact) mass is 458 g/mol. The summed E-state index contributed by atoms with van der Waals surface area (Å²) in [5.41, 5.74) is 1.17. The van der Waals surface area contributed by atoms with Crippen molar-refractivity contribution in [3.8, 4) is 10.4 Å². The Bertz CT molecular complexity index is 878. The number of amides is 2. The molecule has 6 heteroatoms. The van der Waals surface area contributed by atoms with Crippen LogP contribution in [0.5, 0.6) is 0 Å². The number of carbonyl (C=O) groups is 2. The zero-order valence-corrected chi connectivity index (χ0v) is 18.0. The van der Waals surface area contributed by atoms with E-state index in [1.54, 1.807) is 17.4 Å². The number of piperidine rings is 1. The molecule has 4 rings (SSSR count). The second-order valence-electron chi connectivity index (χ2n) is 7.42. The number of carbonyl (C=O) groups excluding carboxylic acids is 2. The van der Waals surface area contributed by atoms with Crippen LogP contribution >= 0.6 is 27.3 Å². The fraction of sp³-hybridized carbons (Fsp3) is 0.364. The van der Waals surface area contributed by atoms with Gasteiger partial charge in [-0.15, -0.1) is 11.3 Å². The molecule has 0 unspecified atom stereocenters. The molecule has 0 radical (unpaired) electrons. The molecule has 2 fully saturated rings. The lowest BCUT2D eigenvalue weighted by Crippen LogP contribution is -2.46. The second-order valence-corrected chi connectivity index (χ2v) is 9.46. The van der Waals surface area contributed by atoms with Crippen LogP contribution in [0.15, 0.2) is 46.9 Å². The molecular weight excluding hydrogens is 436 g/mol. The highest BCUT2D eigenvalue weighted by Crippen LogP contribution is 2.32. The molecule has 4 nitrogen and oxygen atoms in total. The van der Waals surface area contributed by atoms with Crippen LogP contribution in [-0.4, -0.2) is 35.8 Å². The first-order chi connectivity index (χ1) is 13.6. The summed E-state index contributed by atoms with van der Waals surface area (Å²) in [6.07, 6.45) is 7.25. The highest BCUT2D eigenvalue weighted by Gasteiger charge is 2.34. The molecule has 1 N–H and O–H groups in total. The van der Waals surface area contributed by atoms with Crippen LogP contribution < -0.4 is 5.32 Å². The van der Waals surface area contributed by atoms with Crippen molar-refractivity contribution in [2.75, 3.05) is 13.1 Å². The number of benzene rings is 1. The van der Waals surface area contributed by atoms with Crippen LogP contribution in [0.4, 0.5) is 0 Å². The first-order valence-corrected chi connectivity index (χ1v) is 11.3. The van der Waals surface area contributed by atoms with E-state index in [0.29, 0.717) is 5.91 Å². The third-order valence-electron chi connectivity index (χ3n) is 5.23. The van der Waals surface area contributed by atoms with Gasteiger partial charge in [0, 0.05) is 45.4 Å². The summed E-state index contributed by atoms with van der Waals surface area (Å²) in [6.45, 7) is 1.51. The maximum absolute atomic E-state index is 12.3. The van der Waals surface area contributed by atoms with Crippen molar-refractivity contribution in [1.29, 1.82) is 0 Å². The van der Waals surface area contributed by atoms with Crippen molar-refractivity contribution in [2.45, 2.75) is 31.7 Å². The molecule has 1 aromatic heterocycles. The van der Waals surface area contributed by atoms with Crippen molar-refractivity contribution >= 4 is 45.2 Å². The smallest absolute Gasteiger partial charge is 0.244 e. The Hall–Kier alpha value is -1.92. The lowest BCUT2D eigenvalue weighted by atomic mass is 10.0. The molecule has 0 spiro atoms. The summed E-state index contributed by atoms with van der Waals surface area (Å²) in [7, 11) is 0. The molecule has 1 saturated carbocycles. The minimum atomic E-state index is -0.0643. The molecule has 1 saturated heterocycles. The SMILES string of the molecule is O=C(/C=C/c1ccc(-c2ccc(Br)cc2)s1)NC1CCN(C(=O)C2CC2)CC1. The van der Waals surface area contributed by atoms with Gasteiger partial charge >= 0.3 is 0 Å². The van der Waals surface area contributed by atoms with Crippen molar-refractivity contribution < 1.29 is 9.59 Å². The van der Waals surface area contributed by atoms with Crippen molar-refractivity contribution in [2.24, 2.45) is 5.92 Å². The van der Waals surface area contributed by atoms with Gasteiger partial charge in [0.25, 0.3) is 0 Å². The van der Waals surface area contributed by atoms with Crippen LogP contribution in [0.2, 0.25) is 0 Å². The summed E-state index contributed by atoms with van der Waals surface area (Å²) in [4.78, 5) is 28.5. The van der Waals surface area contributed by atoms with Crippen molar-refractivity contribution in [3.63, 3.8) is 0 Å². The van der Waals surface area contributed by atoms with Gasteiger partial charge in [0.05, 0.1) is 0 Å². The van der Waals surface area contributed by atoms with E-state index in [-0.39, 0.29) is 17.9 Å². The van der Waals surface area contributed by atoms with Gasteiger partial charge in [-0.05, 0) is 61.6 Å². The number of nitrogens with one attached hydrogen (secondary N) is 1. The first kappa shape index (κ1) is 19.4. The van der Waals surface area contributed by atoms with E-state index < -0.39 is 0 Å². The lowest BCUT2D eigenvalue weighted by Gasteiger charge is -2.32. The van der Waals surface area contributed by atoms with Crippen LogP contribution in [0.1, 0.15) is 30.6 Å². The second kappa shape index (κ2) is 8.62. The van der Waals surface area contributed by atoms with Crippen LogP contribution in [0.25, 0.3) is 16.5 Å². The maximum Gasteiger partial charge on any atom is 0.244 e. The largest absolute Gasteiger partial charge is 0.350 e. The molecule has 146 valence electrons. The van der Waals surface area contributed by atoms with E-state index in [0.717, 1.165) is 48.1 Å². The number of hydrogen-bond acceptors (Lipinski definition) is 3. The van der Waals surface area contributed by atoms with Crippen LogP contribution in [-0.2, 0) is 9.59 Å². The van der Waals surface area contributed by atoms with E-state index in [2.05, 4.69) is 39.4 Å². The molecule has 0 bridgehead atoms. The van der Waals surface area contributed by atoms with E-state index in [4.69, 9.17) is 0 Å². The predicted molar refractivity (Wildman–Crippen MR) is 117 cm³/mol. The molecular formula is C22H23BrN2O2S. The fourth-order valence-electron chi connectivity index (χ4n) is 3.45. The van der Waals surface area contributed by atoms with Gasteiger partial charge in [-0.25, -0.2) is 0 Å². The topological polar surface area (TPSA) is 49.4 Å². The van der Waals surface area contributed by atoms with Gasteiger partial charge in [0.15, 0.2) is 0 Å². The minimum Gasteiger partial charge on any atom is -0.350 e. The summed E-state index contributed by atoms with van der Waals surface area (Å²) in [6, 6.07) is 12.5. The summed E-state index contributed by atoms with van der Waals surface area (Å²) in [5, 5.41) is 3.07. The van der Waals surface area contributed by atoms with Gasteiger partial charge in [-0.1, -0.05) is 28.1 Å². The minimum absolute atomic E-state index is 0.0643. The number of nitrogens with zero attached hydrogens (tertiary/aromatic N) is 1. The van der Waals surface area contributed by atoms with Gasteiger partial charge in [0.2, 0.25) is 11.8 Å². The van der Waals surface area contributed by atoms with E-state index in [1.165, 1.54) is 10.4 Å². The predicted octanol–water partition coefficient (Wildman–Crippen LogP) is 4.71. The average molecular weight is 459 g/mol. The molecule has 1 aliphatic carbocycles. The maximum atomic E-state index is 12.3. The summed E-state index contributed by atoms with van der Waals surface area (Å²) >= 11 is 5.12. The van der Waals surface area contributed by atoms with Gasteiger partial charge < -0.3 is 10.2 Å². The lowest BCUT2D eigenvalue weighted by molar-refractivity contribution is -0.133. The van der Waals surface area contributed by atoms with Gasteiger partial charge in [-0.2, -0.15) is 0 Å². The quantitative estimate of drug-likeness (QED) is 0.659. The summed E-state index contributed by atoms with van der Waals surface area (Å²) < 4.78 is 1.06. The molecule has 1 aromatic carbocycles. The van der Waals surface area contributed by atoms with Crippen LogP contribution in [0, 0.1) is 5.92 Å². The Kier molecular flexibility index (Phi) is 5.97. The molecule has 2 amide bonds. The molecule has 2 aromatic rings.